The van der Waals surface area contributed by atoms with Crippen LogP contribution in [-0.2, 0) is 25.7 Å². The molecule has 5 heterocycles. The Morgan fingerprint density at radius 1 is 0.355 bits per heavy atom. The van der Waals surface area contributed by atoms with Crippen LogP contribution in [-0.4, -0.2) is 29.1 Å². The fourth-order valence-electron chi connectivity index (χ4n) is 10.0. The summed E-state index contributed by atoms with van der Waals surface area (Å²) in [6.45, 7) is 0. The van der Waals surface area contributed by atoms with Crippen molar-refractivity contribution in [3.8, 4) is 67.5 Å². The van der Waals surface area contributed by atoms with Gasteiger partial charge < -0.3 is 0 Å². The summed E-state index contributed by atoms with van der Waals surface area (Å²) in [4.78, 5) is 21.0. The standard InChI is InChI=1S/C56H44N6/c1-5-17-37(18-6-1)50-34-51(60-54(59-50)38-19-7-2-8-20-38)41-30-39(42-32-48-46-25-13-15-27-52(46)61(55(48)57-35-42)44-21-9-3-10-22-44)29-40(31-41)43-33-49-47-26-14-16-28-53(47)62(56(49)58-36-43)45-23-11-4-12-24-45/h1-12,17-24,29-36H,13-16,25-28H2. The second kappa shape index (κ2) is 15.2. The summed E-state index contributed by atoms with van der Waals surface area (Å²) in [6.07, 6.45) is 13.1. The molecule has 0 N–H and O–H groups in total. The minimum atomic E-state index is 0.697. The second-order valence-corrected chi connectivity index (χ2v) is 16.8. The van der Waals surface area contributed by atoms with Crippen LogP contribution in [0.1, 0.15) is 48.2 Å². The number of benzene rings is 5. The fourth-order valence-corrected chi connectivity index (χ4v) is 10.0. The highest BCUT2D eigenvalue weighted by atomic mass is 15.1. The molecular formula is C56H44N6. The summed E-state index contributed by atoms with van der Waals surface area (Å²) in [5, 5.41) is 2.48. The first-order chi connectivity index (χ1) is 30.7. The van der Waals surface area contributed by atoms with E-state index < -0.39 is 0 Å². The van der Waals surface area contributed by atoms with Crippen LogP contribution in [0.4, 0.5) is 0 Å². The molecule has 0 radical (unpaired) electrons. The third-order valence-electron chi connectivity index (χ3n) is 13.0. The molecule has 12 rings (SSSR count). The molecule has 0 aliphatic heterocycles. The molecule has 0 bridgehead atoms. The number of hydrogen-bond acceptors (Lipinski definition) is 4. The minimum absolute atomic E-state index is 0.697. The summed E-state index contributed by atoms with van der Waals surface area (Å²) in [6, 6.07) is 56.0. The summed E-state index contributed by atoms with van der Waals surface area (Å²) < 4.78 is 4.80. The third kappa shape index (κ3) is 6.33. The topological polar surface area (TPSA) is 61.4 Å². The van der Waals surface area contributed by atoms with Crippen molar-refractivity contribution < 1.29 is 0 Å². The normalized spacial score (nSPS) is 13.6. The van der Waals surface area contributed by atoms with Gasteiger partial charge in [0.25, 0.3) is 0 Å². The van der Waals surface area contributed by atoms with Crippen LogP contribution in [0.15, 0.2) is 170 Å². The van der Waals surface area contributed by atoms with Crippen molar-refractivity contribution in [1.29, 1.82) is 0 Å². The molecule has 0 saturated heterocycles. The van der Waals surface area contributed by atoms with Crippen LogP contribution in [0.3, 0.4) is 0 Å². The number of hydrogen-bond donors (Lipinski definition) is 0. The molecule has 5 aromatic carbocycles. The molecule has 0 atom stereocenters. The number of nitrogens with zero attached hydrogens (tertiary/aromatic N) is 6. The number of rotatable bonds is 7. The van der Waals surface area contributed by atoms with Crippen LogP contribution in [0.25, 0.3) is 89.6 Å². The van der Waals surface area contributed by atoms with Gasteiger partial charge in [0.1, 0.15) is 11.3 Å². The molecule has 62 heavy (non-hydrogen) atoms. The second-order valence-electron chi connectivity index (χ2n) is 16.8. The van der Waals surface area contributed by atoms with Crippen molar-refractivity contribution in [1.82, 2.24) is 29.1 Å². The molecule has 6 nitrogen and oxygen atoms in total. The van der Waals surface area contributed by atoms with E-state index in [4.69, 9.17) is 19.9 Å². The van der Waals surface area contributed by atoms with E-state index >= 15 is 0 Å². The zero-order valence-electron chi connectivity index (χ0n) is 34.5. The van der Waals surface area contributed by atoms with E-state index in [0.717, 1.165) is 87.3 Å². The maximum Gasteiger partial charge on any atom is 0.160 e. The van der Waals surface area contributed by atoms with Gasteiger partial charge in [-0.25, -0.2) is 19.9 Å². The van der Waals surface area contributed by atoms with Crippen LogP contribution in [0.5, 0.6) is 0 Å². The van der Waals surface area contributed by atoms with E-state index in [1.54, 1.807) is 0 Å². The van der Waals surface area contributed by atoms with Crippen molar-refractivity contribution in [3.63, 3.8) is 0 Å². The van der Waals surface area contributed by atoms with Crippen molar-refractivity contribution >= 4 is 22.1 Å². The first kappa shape index (κ1) is 36.4. The zero-order chi connectivity index (χ0) is 41.0. The van der Waals surface area contributed by atoms with Gasteiger partial charge in [-0.1, -0.05) is 97.1 Å². The first-order valence-electron chi connectivity index (χ1n) is 22.0. The average Bonchev–Trinajstić information content (AvgIpc) is 3.87. The molecule has 5 aromatic heterocycles. The number of pyridine rings is 2. The number of aromatic nitrogens is 6. The van der Waals surface area contributed by atoms with Crippen LogP contribution in [0.2, 0.25) is 0 Å². The Bertz CT molecular complexity index is 3060. The maximum atomic E-state index is 5.31. The largest absolute Gasteiger partial charge is 0.298 e. The van der Waals surface area contributed by atoms with Gasteiger partial charge in [-0.3, -0.25) is 9.13 Å². The Labute approximate surface area is 361 Å². The highest BCUT2D eigenvalue weighted by molar-refractivity contribution is 5.92. The Morgan fingerprint density at radius 2 is 0.774 bits per heavy atom. The molecular weight excluding hydrogens is 757 g/mol. The van der Waals surface area contributed by atoms with Gasteiger partial charge in [-0.15, -0.1) is 0 Å². The van der Waals surface area contributed by atoms with Crippen LogP contribution in [0, 0.1) is 0 Å². The molecule has 10 aromatic rings. The monoisotopic (exact) mass is 800 g/mol. The van der Waals surface area contributed by atoms with E-state index in [0.29, 0.717) is 5.82 Å². The number of fused-ring (bicyclic) bond motifs is 6. The summed E-state index contributed by atoms with van der Waals surface area (Å²) in [5.41, 5.74) is 19.2. The van der Waals surface area contributed by atoms with Crippen molar-refractivity contribution in [2.75, 3.05) is 0 Å². The lowest BCUT2D eigenvalue weighted by Crippen LogP contribution is -2.06. The molecule has 0 fully saturated rings. The summed E-state index contributed by atoms with van der Waals surface area (Å²) in [5.74, 6) is 0.697. The molecule has 0 saturated carbocycles. The third-order valence-corrected chi connectivity index (χ3v) is 13.0. The van der Waals surface area contributed by atoms with E-state index in [-0.39, 0.29) is 0 Å². The lowest BCUT2D eigenvalue weighted by atomic mass is 9.92. The van der Waals surface area contributed by atoms with Gasteiger partial charge in [0, 0.05) is 73.7 Å². The lowest BCUT2D eigenvalue weighted by molar-refractivity contribution is 0.666. The summed E-state index contributed by atoms with van der Waals surface area (Å²) >= 11 is 0. The predicted octanol–water partition coefficient (Wildman–Crippen LogP) is 13.2. The first-order valence-corrected chi connectivity index (χ1v) is 22.0. The maximum absolute atomic E-state index is 5.31. The zero-order valence-corrected chi connectivity index (χ0v) is 34.5. The average molecular weight is 801 g/mol. The quantitative estimate of drug-likeness (QED) is 0.161. The molecule has 0 amide bonds. The van der Waals surface area contributed by atoms with E-state index in [2.05, 4.69) is 155 Å². The van der Waals surface area contributed by atoms with Gasteiger partial charge in [-0.05, 0) is 134 Å². The van der Waals surface area contributed by atoms with Crippen molar-refractivity contribution in [2.24, 2.45) is 0 Å². The highest BCUT2D eigenvalue weighted by Gasteiger charge is 2.25. The fraction of sp³-hybridized carbons (Fsp3) is 0.143. The lowest BCUT2D eigenvalue weighted by Gasteiger charge is -2.15. The number of aryl methyl sites for hydroxylation is 2. The predicted molar refractivity (Wildman–Crippen MR) is 252 cm³/mol. The SMILES string of the molecule is c1ccc(-c2cc(-c3cc(-c4cnc5c(c4)c4c(n5-c5ccccc5)CCCC4)cc(-c4cnc5c(c4)c4c(n5-c5ccccc5)CCCC4)c3)nc(-c3ccccc3)n2)cc1. The van der Waals surface area contributed by atoms with Crippen LogP contribution < -0.4 is 0 Å². The molecule has 298 valence electrons. The molecule has 2 aliphatic rings. The van der Waals surface area contributed by atoms with Gasteiger partial charge in [-0.2, -0.15) is 0 Å². The van der Waals surface area contributed by atoms with Gasteiger partial charge in [0.15, 0.2) is 5.82 Å². The summed E-state index contributed by atoms with van der Waals surface area (Å²) in [7, 11) is 0. The Morgan fingerprint density at radius 3 is 1.27 bits per heavy atom. The van der Waals surface area contributed by atoms with Gasteiger partial charge in [0.05, 0.1) is 11.4 Å². The smallest absolute Gasteiger partial charge is 0.160 e. The van der Waals surface area contributed by atoms with Gasteiger partial charge >= 0.3 is 0 Å². The number of para-hydroxylation sites is 2. The van der Waals surface area contributed by atoms with E-state index in [1.807, 2.05) is 24.3 Å². The van der Waals surface area contributed by atoms with Crippen molar-refractivity contribution in [2.45, 2.75) is 51.4 Å². The van der Waals surface area contributed by atoms with E-state index in [9.17, 15) is 0 Å². The van der Waals surface area contributed by atoms with Crippen molar-refractivity contribution in [3.05, 3.63) is 193 Å². The van der Waals surface area contributed by atoms with Gasteiger partial charge in [0.2, 0.25) is 0 Å². The highest BCUT2D eigenvalue weighted by Crippen LogP contribution is 2.40. The minimum Gasteiger partial charge on any atom is -0.298 e. The molecule has 6 heteroatoms. The Kier molecular flexibility index (Phi) is 8.95. The van der Waals surface area contributed by atoms with E-state index in [1.165, 1.54) is 70.3 Å². The Balaban J connectivity index is 1.08. The molecule has 2 aliphatic carbocycles. The molecule has 0 spiro atoms. The molecule has 0 unspecified atom stereocenters. The van der Waals surface area contributed by atoms with Crippen LogP contribution >= 0.6 is 0 Å². The Hall–Kier alpha value is -7.44.